The van der Waals surface area contributed by atoms with Crippen LogP contribution in [0.25, 0.3) is 10.9 Å². The number of aliphatic hydroxyl groups excluding tert-OH is 1. The van der Waals surface area contributed by atoms with Crippen molar-refractivity contribution < 1.29 is 9.50 Å². The molecule has 1 unspecified atom stereocenters. The van der Waals surface area contributed by atoms with Gasteiger partial charge in [0, 0.05) is 23.6 Å². The van der Waals surface area contributed by atoms with Gasteiger partial charge >= 0.3 is 0 Å². The van der Waals surface area contributed by atoms with Crippen molar-refractivity contribution in [2.45, 2.75) is 19.4 Å². The van der Waals surface area contributed by atoms with E-state index in [1.165, 1.54) is 6.07 Å². The van der Waals surface area contributed by atoms with Crippen LogP contribution in [0.3, 0.4) is 0 Å². The number of terminal acetylenes is 1. The van der Waals surface area contributed by atoms with Crippen molar-refractivity contribution in [3.63, 3.8) is 0 Å². The largest absolute Gasteiger partial charge is 0.380 e. The van der Waals surface area contributed by atoms with Crippen molar-refractivity contribution in [1.82, 2.24) is 4.98 Å². The minimum absolute atomic E-state index is 0.278. The fraction of sp³-hybridized carbons (Fsp3) is 0.214. The highest BCUT2D eigenvalue weighted by Crippen LogP contribution is 2.18. The Balaban J connectivity index is 2.44. The molecule has 0 bridgehead atoms. The highest BCUT2D eigenvalue weighted by molar-refractivity contribution is 5.79. The molecule has 0 saturated heterocycles. The third kappa shape index (κ3) is 2.43. The lowest BCUT2D eigenvalue weighted by molar-refractivity contribution is 0.232. The van der Waals surface area contributed by atoms with Gasteiger partial charge in [-0.2, -0.15) is 0 Å². The smallest absolute Gasteiger partial charge is 0.128 e. The molecule has 0 fully saturated rings. The lowest BCUT2D eigenvalue weighted by Gasteiger charge is -2.06. The fourth-order valence-electron chi connectivity index (χ4n) is 1.67. The summed E-state index contributed by atoms with van der Waals surface area (Å²) in [6.07, 6.45) is 4.52. The number of pyridine rings is 1. The highest BCUT2D eigenvalue weighted by atomic mass is 19.1. The third-order valence-corrected chi connectivity index (χ3v) is 2.62. The zero-order chi connectivity index (χ0) is 12.4. The minimum Gasteiger partial charge on any atom is -0.380 e. The van der Waals surface area contributed by atoms with Gasteiger partial charge in [-0.05, 0) is 24.6 Å². The van der Waals surface area contributed by atoms with Crippen LogP contribution in [-0.4, -0.2) is 16.2 Å². The molecule has 0 radical (unpaired) electrons. The van der Waals surface area contributed by atoms with E-state index in [2.05, 4.69) is 10.9 Å². The quantitative estimate of drug-likeness (QED) is 0.801. The summed E-state index contributed by atoms with van der Waals surface area (Å²) in [7, 11) is 0. The molecule has 0 aliphatic rings. The number of hydrogen-bond donors (Lipinski definition) is 1. The number of benzene rings is 1. The van der Waals surface area contributed by atoms with Gasteiger partial charge in [0.05, 0.1) is 5.52 Å². The molecule has 2 nitrogen and oxygen atoms in total. The maximum atomic E-state index is 13.4. The van der Waals surface area contributed by atoms with Gasteiger partial charge in [-0.3, -0.25) is 4.98 Å². The van der Waals surface area contributed by atoms with Crippen molar-refractivity contribution in [3.8, 4) is 12.3 Å². The van der Waals surface area contributed by atoms with Gasteiger partial charge in [0.25, 0.3) is 0 Å². The molecular formula is C14H12FNO. The van der Waals surface area contributed by atoms with Gasteiger partial charge in [-0.1, -0.05) is 12.0 Å². The van der Waals surface area contributed by atoms with E-state index in [-0.39, 0.29) is 12.2 Å². The van der Waals surface area contributed by atoms with Crippen LogP contribution >= 0.6 is 0 Å². The SMILES string of the molecule is C#CC(O)Cc1ccc2cc(C)c(F)cc2n1. The van der Waals surface area contributed by atoms with E-state index in [0.29, 0.717) is 16.8 Å². The molecule has 0 aliphatic heterocycles. The molecule has 0 aliphatic carbocycles. The Kier molecular flexibility index (Phi) is 3.08. The second kappa shape index (κ2) is 4.52. The number of nitrogens with zero attached hydrogens (tertiary/aromatic N) is 1. The number of hydrogen-bond acceptors (Lipinski definition) is 2. The molecule has 0 saturated carbocycles. The van der Waals surface area contributed by atoms with Gasteiger partial charge in [0.15, 0.2) is 0 Å². The number of fused-ring (bicyclic) bond motifs is 1. The molecule has 17 heavy (non-hydrogen) atoms. The van der Waals surface area contributed by atoms with Crippen molar-refractivity contribution in [1.29, 1.82) is 0 Å². The maximum Gasteiger partial charge on any atom is 0.128 e. The molecule has 1 aromatic carbocycles. The van der Waals surface area contributed by atoms with Crippen molar-refractivity contribution in [3.05, 3.63) is 41.3 Å². The molecule has 1 atom stereocenters. The van der Waals surface area contributed by atoms with Gasteiger partial charge in [-0.15, -0.1) is 6.42 Å². The average molecular weight is 229 g/mol. The molecule has 1 aromatic heterocycles. The molecule has 2 rings (SSSR count). The zero-order valence-corrected chi connectivity index (χ0v) is 9.44. The lowest BCUT2D eigenvalue weighted by atomic mass is 10.1. The summed E-state index contributed by atoms with van der Waals surface area (Å²) in [5.74, 6) is 1.95. The minimum atomic E-state index is -0.852. The van der Waals surface area contributed by atoms with Gasteiger partial charge in [0.1, 0.15) is 11.9 Å². The molecule has 86 valence electrons. The Labute approximate surface area is 99.1 Å². The zero-order valence-electron chi connectivity index (χ0n) is 9.44. The molecule has 2 aromatic rings. The normalized spacial score (nSPS) is 12.4. The van der Waals surface area contributed by atoms with Crippen LogP contribution in [0.5, 0.6) is 0 Å². The summed E-state index contributed by atoms with van der Waals surface area (Å²) in [4.78, 5) is 4.27. The second-order valence-electron chi connectivity index (χ2n) is 3.98. The van der Waals surface area contributed by atoms with Gasteiger partial charge in [0.2, 0.25) is 0 Å². The van der Waals surface area contributed by atoms with Crippen LogP contribution in [0.1, 0.15) is 11.3 Å². The van der Waals surface area contributed by atoms with E-state index < -0.39 is 6.10 Å². The maximum absolute atomic E-state index is 13.4. The van der Waals surface area contributed by atoms with E-state index >= 15 is 0 Å². The topological polar surface area (TPSA) is 33.1 Å². The number of rotatable bonds is 2. The molecule has 0 spiro atoms. The summed E-state index contributed by atoms with van der Waals surface area (Å²) in [6.45, 7) is 1.71. The Morgan fingerprint density at radius 1 is 1.47 bits per heavy atom. The summed E-state index contributed by atoms with van der Waals surface area (Å²) in [6, 6.07) is 6.79. The number of aromatic nitrogens is 1. The first-order valence-electron chi connectivity index (χ1n) is 5.30. The molecular weight excluding hydrogens is 217 g/mol. The number of aryl methyl sites for hydroxylation is 1. The van der Waals surface area contributed by atoms with E-state index in [9.17, 15) is 9.50 Å². The number of aliphatic hydroxyl groups is 1. The van der Waals surface area contributed by atoms with E-state index in [0.717, 1.165) is 5.39 Å². The summed E-state index contributed by atoms with van der Waals surface area (Å²) in [5.41, 5.74) is 1.83. The summed E-state index contributed by atoms with van der Waals surface area (Å²) < 4.78 is 13.4. The van der Waals surface area contributed by atoms with E-state index in [4.69, 9.17) is 6.42 Å². The van der Waals surface area contributed by atoms with Crippen molar-refractivity contribution in [2.24, 2.45) is 0 Å². The molecule has 1 heterocycles. The first-order chi connectivity index (χ1) is 8.10. The van der Waals surface area contributed by atoms with Crippen LogP contribution in [0, 0.1) is 25.1 Å². The summed E-state index contributed by atoms with van der Waals surface area (Å²) >= 11 is 0. The fourth-order valence-corrected chi connectivity index (χ4v) is 1.67. The predicted octanol–water partition coefficient (Wildman–Crippen LogP) is 2.22. The van der Waals surface area contributed by atoms with E-state index in [1.54, 1.807) is 19.1 Å². The lowest BCUT2D eigenvalue weighted by Crippen LogP contribution is -2.08. The van der Waals surface area contributed by atoms with Crippen LogP contribution in [0.4, 0.5) is 4.39 Å². The van der Waals surface area contributed by atoms with Crippen LogP contribution in [0.2, 0.25) is 0 Å². The monoisotopic (exact) mass is 229 g/mol. The second-order valence-corrected chi connectivity index (χ2v) is 3.98. The highest BCUT2D eigenvalue weighted by Gasteiger charge is 2.06. The van der Waals surface area contributed by atoms with Crippen LogP contribution in [0.15, 0.2) is 24.3 Å². The summed E-state index contributed by atoms with van der Waals surface area (Å²) in [5, 5.41) is 10.2. The molecule has 0 amide bonds. The van der Waals surface area contributed by atoms with Crippen molar-refractivity contribution in [2.75, 3.05) is 0 Å². The first-order valence-corrected chi connectivity index (χ1v) is 5.30. The molecule has 1 N–H and O–H groups in total. The van der Waals surface area contributed by atoms with Gasteiger partial charge in [-0.25, -0.2) is 4.39 Å². The van der Waals surface area contributed by atoms with E-state index in [1.807, 2.05) is 6.07 Å². The average Bonchev–Trinajstić information content (AvgIpc) is 2.31. The van der Waals surface area contributed by atoms with Crippen LogP contribution in [-0.2, 0) is 6.42 Å². The van der Waals surface area contributed by atoms with Gasteiger partial charge < -0.3 is 5.11 Å². The molecule has 3 heteroatoms. The Morgan fingerprint density at radius 2 is 2.24 bits per heavy atom. The third-order valence-electron chi connectivity index (χ3n) is 2.62. The first kappa shape index (κ1) is 11.6. The predicted molar refractivity (Wildman–Crippen MR) is 65.0 cm³/mol. The van der Waals surface area contributed by atoms with Crippen LogP contribution < -0.4 is 0 Å². The van der Waals surface area contributed by atoms with Crippen molar-refractivity contribution >= 4 is 10.9 Å². The standard InChI is InChI=1S/C14H12FNO/c1-3-12(17)7-11-5-4-10-6-9(2)13(15)8-14(10)16-11/h1,4-6,8,12,17H,7H2,2H3. The Morgan fingerprint density at radius 3 is 2.94 bits per heavy atom. The number of halogens is 1. The Bertz CT molecular complexity index is 601. The Hall–Kier alpha value is -1.92.